The van der Waals surface area contributed by atoms with Crippen LogP contribution in [0.5, 0.6) is 0 Å². The summed E-state index contributed by atoms with van der Waals surface area (Å²) >= 11 is 0. The maximum atomic E-state index is 12.5. The highest BCUT2D eigenvalue weighted by atomic mass is 16.6. The number of nitrogens with zero attached hydrogens (tertiary/aromatic N) is 2. The van der Waals surface area contributed by atoms with Crippen molar-refractivity contribution in [3.8, 4) is 0 Å². The fourth-order valence-electron chi connectivity index (χ4n) is 2.68. The van der Waals surface area contributed by atoms with Crippen LogP contribution in [-0.2, 0) is 9.53 Å². The maximum Gasteiger partial charge on any atom is 0.276 e. The second kappa shape index (κ2) is 5.05. The Morgan fingerprint density at radius 1 is 1.17 bits per heavy atom. The van der Waals surface area contributed by atoms with E-state index >= 15 is 0 Å². The lowest BCUT2D eigenvalue weighted by molar-refractivity contribution is -0.384. The highest BCUT2D eigenvalue weighted by Crippen LogP contribution is 2.36. The third-order valence-electron chi connectivity index (χ3n) is 3.91. The number of benzene rings is 2. The third-order valence-corrected chi connectivity index (χ3v) is 3.91. The number of rotatable bonds is 2. The van der Waals surface area contributed by atoms with Crippen molar-refractivity contribution >= 4 is 28.9 Å². The summed E-state index contributed by atoms with van der Waals surface area (Å²) in [6, 6.07) is 13.4. The number of fused-ring (bicyclic) bond motifs is 1. The molecule has 1 atom stereocenters. The topological polar surface area (TPSA) is 106 Å². The fraction of sp³-hybridized carbons (Fsp3) is 0.125. The summed E-state index contributed by atoms with van der Waals surface area (Å²) in [5.74, 6) is -0.0121. The number of hydrogen-bond donors (Lipinski definition) is 2. The molecule has 8 heteroatoms. The van der Waals surface area contributed by atoms with Crippen molar-refractivity contribution < 1.29 is 14.5 Å². The van der Waals surface area contributed by atoms with E-state index in [4.69, 9.17) is 4.74 Å². The van der Waals surface area contributed by atoms with Crippen molar-refractivity contribution in [2.45, 2.75) is 5.66 Å². The van der Waals surface area contributed by atoms with Crippen molar-refractivity contribution in [2.24, 2.45) is 4.99 Å². The highest BCUT2D eigenvalue weighted by Gasteiger charge is 2.47. The summed E-state index contributed by atoms with van der Waals surface area (Å²) in [5.41, 5.74) is 0.269. The first kappa shape index (κ1) is 14.2. The normalized spacial score (nSPS) is 21.3. The Balaban J connectivity index is 1.72. The van der Waals surface area contributed by atoms with Crippen LogP contribution in [0.25, 0.3) is 0 Å². The number of anilines is 2. The third kappa shape index (κ3) is 2.16. The van der Waals surface area contributed by atoms with Gasteiger partial charge in [0.2, 0.25) is 11.6 Å². The first-order chi connectivity index (χ1) is 11.6. The Morgan fingerprint density at radius 3 is 2.71 bits per heavy atom. The van der Waals surface area contributed by atoms with Gasteiger partial charge >= 0.3 is 0 Å². The van der Waals surface area contributed by atoms with E-state index in [1.165, 1.54) is 18.2 Å². The van der Waals surface area contributed by atoms with Gasteiger partial charge in [0, 0.05) is 17.7 Å². The van der Waals surface area contributed by atoms with E-state index in [2.05, 4.69) is 15.6 Å². The van der Waals surface area contributed by atoms with Crippen molar-refractivity contribution in [1.82, 2.24) is 0 Å². The van der Waals surface area contributed by atoms with E-state index in [1.54, 1.807) is 0 Å². The maximum absolute atomic E-state index is 12.5. The zero-order valence-electron chi connectivity index (χ0n) is 12.4. The standard InChI is InChI=1S/C16H12N4O4/c21-15-16(9-24-14(19-16)10-4-2-1-3-5-10)18-13-8-11(20(22)23)6-7-12(13)17-15/h1-8,18H,9H2,(H,17,21). The van der Waals surface area contributed by atoms with Crippen molar-refractivity contribution in [3.63, 3.8) is 0 Å². The molecular formula is C16H12N4O4. The molecule has 120 valence electrons. The van der Waals surface area contributed by atoms with Crippen LogP contribution in [0.4, 0.5) is 17.1 Å². The van der Waals surface area contributed by atoms with Gasteiger partial charge in [-0.3, -0.25) is 14.9 Å². The molecule has 0 aromatic heterocycles. The van der Waals surface area contributed by atoms with Gasteiger partial charge in [-0.2, -0.15) is 0 Å². The van der Waals surface area contributed by atoms with Gasteiger partial charge in [0.25, 0.3) is 11.6 Å². The molecule has 4 rings (SSSR count). The Hall–Kier alpha value is -3.42. The predicted molar refractivity (Wildman–Crippen MR) is 87.0 cm³/mol. The van der Waals surface area contributed by atoms with Crippen LogP contribution in [0.3, 0.4) is 0 Å². The molecule has 1 amide bonds. The van der Waals surface area contributed by atoms with Crippen LogP contribution in [0.2, 0.25) is 0 Å². The minimum absolute atomic E-state index is 0.00515. The van der Waals surface area contributed by atoms with Gasteiger partial charge in [0.05, 0.1) is 16.3 Å². The van der Waals surface area contributed by atoms with Gasteiger partial charge in [-0.05, 0) is 18.2 Å². The minimum Gasteiger partial charge on any atom is -0.472 e. The largest absolute Gasteiger partial charge is 0.472 e. The van der Waals surface area contributed by atoms with Crippen LogP contribution in [0, 0.1) is 10.1 Å². The first-order valence-electron chi connectivity index (χ1n) is 7.24. The van der Waals surface area contributed by atoms with Crippen molar-refractivity contribution in [2.75, 3.05) is 17.2 Å². The van der Waals surface area contributed by atoms with Gasteiger partial charge in [-0.25, -0.2) is 4.99 Å². The van der Waals surface area contributed by atoms with Crippen LogP contribution in [0.1, 0.15) is 5.56 Å². The second-order valence-electron chi connectivity index (χ2n) is 5.50. The number of carbonyl (C=O) groups is 1. The number of nitro groups is 1. The number of amides is 1. The van der Waals surface area contributed by atoms with Gasteiger partial charge < -0.3 is 15.4 Å². The number of nitro benzene ring substituents is 1. The van der Waals surface area contributed by atoms with E-state index < -0.39 is 10.6 Å². The van der Waals surface area contributed by atoms with E-state index in [9.17, 15) is 14.9 Å². The predicted octanol–water partition coefficient (Wildman–Crippen LogP) is 2.13. The molecule has 0 saturated heterocycles. The molecule has 1 unspecified atom stereocenters. The lowest BCUT2D eigenvalue weighted by Crippen LogP contribution is -2.52. The lowest BCUT2D eigenvalue weighted by atomic mass is 10.1. The molecular weight excluding hydrogens is 312 g/mol. The van der Waals surface area contributed by atoms with Gasteiger partial charge in [-0.1, -0.05) is 18.2 Å². The van der Waals surface area contributed by atoms with Crippen LogP contribution < -0.4 is 10.6 Å². The molecule has 0 fully saturated rings. The molecule has 2 aromatic carbocycles. The first-order valence-corrected chi connectivity index (χ1v) is 7.24. The van der Waals surface area contributed by atoms with E-state index in [-0.39, 0.29) is 18.2 Å². The second-order valence-corrected chi connectivity index (χ2v) is 5.50. The lowest BCUT2D eigenvalue weighted by Gasteiger charge is -2.31. The molecule has 0 aliphatic carbocycles. The Labute approximate surface area is 136 Å². The molecule has 8 nitrogen and oxygen atoms in total. The zero-order chi connectivity index (χ0) is 16.7. The van der Waals surface area contributed by atoms with Crippen molar-refractivity contribution in [1.29, 1.82) is 0 Å². The highest BCUT2D eigenvalue weighted by molar-refractivity contribution is 6.09. The van der Waals surface area contributed by atoms with Crippen LogP contribution in [-0.4, -0.2) is 29.0 Å². The summed E-state index contributed by atoms with van der Waals surface area (Å²) in [7, 11) is 0. The molecule has 24 heavy (non-hydrogen) atoms. The van der Waals surface area contributed by atoms with Gasteiger partial charge in [-0.15, -0.1) is 0 Å². The smallest absolute Gasteiger partial charge is 0.276 e. The number of carbonyl (C=O) groups excluding carboxylic acids is 1. The molecule has 2 heterocycles. The van der Waals surface area contributed by atoms with Crippen LogP contribution in [0.15, 0.2) is 53.5 Å². The molecule has 0 bridgehead atoms. The van der Waals surface area contributed by atoms with Crippen molar-refractivity contribution in [3.05, 3.63) is 64.2 Å². The van der Waals surface area contributed by atoms with E-state index in [1.807, 2.05) is 30.3 Å². The van der Waals surface area contributed by atoms with E-state index in [0.717, 1.165) is 5.56 Å². The minimum atomic E-state index is -1.33. The molecule has 2 aromatic rings. The molecule has 2 aliphatic rings. The quantitative estimate of drug-likeness (QED) is 0.650. The van der Waals surface area contributed by atoms with Crippen LogP contribution >= 0.6 is 0 Å². The SMILES string of the molecule is O=C1Nc2ccc([N+](=O)[O-])cc2NC12COC(c1ccccc1)=N2. The molecule has 0 radical (unpaired) electrons. The van der Waals surface area contributed by atoms with Gasteiger partial charge in [0.15, 0.2) is 0 Å². The molecule has 2 aliphatic heterocycles. The average molecular weight is 324 g/mol. The Kier molecular flexibility index (Phi) is 2.99. The summed E-state index contributed by atoms with van der Waals surface area (Å²) in [4.78, 5) is 27.3. The summed E-state index contributed by atoms with van der Waals surface area (Å²) in [6.07, 6.45) is 0. The fourth-order valence-corrected chi connectivity index (χ4v) is 2.68. The summed E-state index contributed by atoms with van der Waals surface area (Å²) in [5, 5.41) is 16.6. The monoisotopic (exact) mass is 324 g/mol. The molecule has 0 saturated carbocycles. The summed E-state index contributed by atoms with van der Waals surface area (Å²) < 4.78 is 5.59. The number of ether oxygens (including phenoxy) is 1. The van der Waals surface area contributed by atoms with E-state index in [0.29, 0.717) is 17.3 Å². The molecule has 1 spiro atoms. The molecule has 2 N–H and O–H groups in total. The number of non-ortho nitro benzene ring substituents is 1. The number of nitrogens with one attached hydrogen (secondary N) is 2. The Bertz CT molecular complexity index is 881. The number of hydrogen-bond acceptors (Lipinski definition) is 6. The zero-order valence-corrected chi connectivity index (χ0v) is 12.4. The summed E-state index contributed by atoms with van der Waals surface area (Å²) in [6.45, 7) is 0.00515. The Morgan fingerprint density at radius 2 is 1.96 bits per heavy atom. The average Bonchev–Trinajstić information content (AvgIpc) is 3.01. The number of aliphatic imine (C=N–C) groups is 1. The van der Waals surface area contributed by atoms with Gasteiger partial charge in [0.1, 0.15) is 6.61 Å².